The predicted molar refractivity (Wildman–Crippen MR) is 190 cm³/mol. The number of hydrogen-bond donors (Lipinski definition) is 0. The van der Waals surface area contributed by atoms with Crippen LogP contribution in [-0.4, -0.2) is 11.5 Å². The Bertz CT molecular complexity index is 1100. The van der Waals surface area contributed by atoms with Crippen LogP contribution in [0, 0.1) is 10.8 Å². The quantitative estimate of drug-likeness (QED) is 0.166. The summed E-state index contributed by atoms with van der Waals surface area (Å²) in [7, 11) is 0. The lowest BCUT2D eigenvalue weighted by atomic mass is 9.72. The van der Waals surface area contributed by atoms with Crippen molar-refractivity contribution in [1.29, 1.82) is 0 Å². The first-order chi connectivity index (χ1) is 19.3. The van der Waals surface area contributed by atoms with E-state index in [0.29, 0.717) is 10.8 Å². The van der Waals surface area contributed by atoms with Crippen LogP contribution >= 0.6 is 11.8 Å². The molecule has 0 aromatic rings. The number of allylic oxidation sites excluding steroid dienone is 18. The molecule has 0 bridgehead atoms. The molecule has 0 saturated heterocycles. The summed E-state index contributed by atoms with van der Waals surface area (Å²) in [5.41, 5.74) is 12.0. The fraction of sp³-hybridized carbons (Fsp3) is 0.500. The van der Waals surface area contributed by atoms with Gasteiger partial charge in [0.2, 0.25) is 0 Å². The average molecular weight is 571 g/mol. The Labute approximate surface area is 258 Å². The van der Waals surface area contributed by atoms with Gasteiger partial charge in [-0.1, -0.05) is 134 Å². The molecule has 0 atom stereocenters. The summed E-state index contributed by atoms with van der Waals surface area (Å²) in [4.78, 5) is 0. The van der Waals surface area contributed by atoms with Gasteiger partial charge in [-0.25, -0.2) is 0 Å². The minimum absolute atomic E-state index is 0.299. The zero-order valence-electron chi connectivity index (χ0n) is 28.0. The first-order valence-electron chi connectivity index (χ1n) is 15.7. The highest BCUT2D eigenvalue weighted by Gasteiger charge is 2.27. The molecule has 0 aromatic heterocycles. The largest absolute Gasteiger partial charge is 0.154 e. The maximum absolute atomic E-state index is 2.38. The van der Waals surface area contributed by atoms with Crippen LogP contribution in [0.1, 0.15) is 108 Å². The van der Waals surface area contributed by atoms with E-state index in [4.69, 9.17) is 0 Å². The molecule has 0 amide bonds. The van der Waals surface area contributed by atoms with Crippen LogP contribution in [0.4, 0.5) is 0 Å². The average Bonchev–Trinajstić information content (AvgIpc) is 2.87. The van der Waals surface area contributed by atoms with Crippen molar-refractivity contribution in [1.82, 2.24) is 0 Å². The second kappa shape index (κ2) is 17.0. The standard InChI is InChI=1S/C40H58S/c1-31(21-23-37-35(5)19-13-27-39(37,7)8)15-11-17-33(3)25-29-41-30-26-34(4)18-12-16-32(2)22-24-38-36(6)20-14-28-40(38,9)10/h11-12,15-18,21-26H,13-14,19-20,27-30H2,1-10H3/b17-11+,18-12+,23-21+,24-22+,31-15+,32-16+,33-25+,34-26+. The molecule has 2 aliphatic rings. The first kappa shape index (κ1) is 34.9. The van der Waals surface area contributed by atoms with Crippen molar-refractivity contribution in [2.75, 3.05) is 11.5 Å². The summed E-state index contributed by atoms with van der Waals surface area (Å²) in [6.07, 6.45) is 34.8. The van der Waals surface area contributed by atoms with Gasteiger partial charge in [0.15, 0.2) is 0 Å². The fourth-order valence-corrected chi connectivity index (χ4v) is 6.75. The second-order valence-corrected chi connectivity index (χ2v) is 14.6. The van der Waals surface area contributed by atoms with E-state index in [-0.39, 0.29) is 0 Å². The molecule has 0 aliphatic heterocycles. The first-order valence-corrected chi connectivity index (χ1v) is 16.8. The SMILES string of the molecule is CC1=C(/C=C/C(C)=C/C=C/C(C)=C/CSC/C=C(C)/C=C/C=C(C)/C=C/C2=C(C)CCCC2(C)C)C(C)(C)CCC1. The molecule has 41 heavy (non-hydrogen) atoms. The van der Waals surface area contributed by atoms with Gasteiger partial charge in [0.05, 0.1) is 0 Å². The Morgan fingerprint density at radius 2 is 1.00 bits per heavy atom. The molecule has 0 spiro atoms. The number of thioether (sulfide) groups is 1. The van der Waals surface area contributed by atoms with Crippen LogP contribution in [0.5, 0.6) is 0 Å². The van der Waals surface area contributed by atoms with E-state index in [1.165, 1.54) is 72.0 Å². The zero-order chi connectivity index (χ0) is 30.5. The van der Waals surface area contributed by atoms with Gasteiger partial charge in [-0.05, 0) is 102 Å². The van der Waals surface area contributed by atoms with E-state index in [0.717, 1.165) is 11.5 Å². The van der Waals surface area contributed by atoms with Gasteiger partial charge >= 0.3 is 0 Å². The highest BCUT2D eigenvalue weighted by Crippen LogP contribution is 2.41. The monoisotopic (exact) mass is 570 g/mol. The van der Waals surface area contributed by atoms with Crippen LogP contribution in [-0.2, 0) is 0 Å². The van der Waals surface area contributed by atoms with Gasteiger partial charge in [0.1, 0.15) is 0 Å². The smallest absolute Gasteiger partial charge is 0.0122 e. The molecule has 0 heterocycles. The second-order valence-electron chi connectivity index (χ2n) is 13.5. The highest BCUT2D eigenvalue weighted by atomic mass is 32.2. The Balaban J connectivity index is 1.77. The van der Waals surface area contributed by atoms with Gasteiger partial charge in [-0.3, -0.25) is 0 Å². The Morgan fingerprint density at radius 3 is 1.37 bits per heavy atom. The molecular weight excluding hydrogens is 513 g/mol. The molecule has 224 valence electrons. The molecule has 0 radical (unpaired) electrons. The maximum Gasteiger partial charge on any atom is 0.0122 e. The molecule has 1 heteroatoms. The summed E-state index contributed by atoms with van der Waals surface area (Å²) < 4.78 is 0. The topological polar surface area (TPSA) is 0 Å². The van der Waals surface area contributed by atoms with Crippen molar-refractivity contribution in [3.63, 3.8) is 0 Å². The molecular formula is C40H58S. The number of rotatable bonds is 12. The molecule has 0 aromatic carbocycles. The fourth-order valence-electron chi connectivity index (χ4n) is 5.85. The molecule has 0 unspecified atom stereocenters. The molecule has 0 fully saturated rings. The van der Waals surface area contributed by atoms with Crippen LogP contribution in [0.3, 0.4) is 0 Å². The van der Waals surface area contributed by atoms with Crippen molar-refractivity contribution >= 4 is 11.8 Å². The third-order valence-electron chi connectivity index (χ3n) is 8.59. The summed E-state index contributed by atoms with van der Waals surface area (Å²) >= 11 is 1.95. The van der Waals surface area contributed by atoms with Crippen LogP contribution < -0.4 is 0 Å². The minimum Gasteiger partial charge on any atom is -0.154 e. The molecule has 0 nitrogen and oxygen atoms in total. The van der Waals surface area contributed by atoms with E-state index in [1.807, 2.05) is 11.8 Å². The van der Waals surface area contributed by atoms with Crippen molar-refractivity contribution in [2.45, 2.75) is 108 Å². The number of hydrogen-bond acceptors (Lipinski definition) is 1. The third kappa shape index (κ3) is 12.7. The summed E-state index contributed by atoms with van der Waals surface area (Å²) in [5.74, 6) is 2.06. The van der Waals surface area contributed by atoms with E-state index >= 15 is 0 Å². The van der Waals surface area contributed by atoms with Gasteiger partial charge in [-0.2, -0.15) is 11.8 Å². The third-order valence-corrected chi connectivity index (χ3v) is 9.40. The maximum atomic E-state index is 2.38. The van der Waals surface area contributed by atoms with E-state index in [1.54, 1.807) is 11.1 Å². The van der Waals surface area contributed by atoms with E-state index in [2.05, 4.69) is 142 Å². The van der Waals surface area contributed by atoms with Gasteiger partial charge < -0.3 is 0 Å². The molecule has 0 saturated carbocycles. The van der Waals surface area contributed by atoms with Gasteiger partial charge in [0.25, 0.3) is 0 Å². The van der Waals surface area contributed by atoms with Crippen LogP contribution in [0.2, 0.25) is 0 Å². The normalized spacial score (nSPS) is 21.5. The minimum atomic E-state index is 0.299. The Hall–Kier alpha value is -2.25. The molecule has 2 aliphatic carbocycles. The highest BCUT2D eigenvalue weighted by molar-refractivity contribution is 7.99. The Kier molecular flexibility index (Phi) is 14.5. The van der Waals surface area contributed by atoms with Crippen molar-refractivity contribution in [2.24, 2.45) is 10.8 Å². The van der Waals surface area contributed by atoms with Crippen molar-refractivity contribution < 1.29 is 0 Å². The molecule has 0 N–H and O–H groups in total. The molecule has 2 rings (SSSR count). The lowest BCUT2D eigenvalue weighted by Gasteiger charge is -2.33. The van der Waals surface area contributed by atoms with Gasteiger partial charge in [-0.15, -0.1) is 0 Å². The van der Waals surface area contributed by atoms with Crippen molar-refractivity contribution in [3.05, 3.63) is 117 Å². The Morgan fingerprint density at radius 1 is 0.610 bits per heavy atom. The van der Waals surface area contributed by atoms with E-state index in [9.17, 15) is 0 Å². The predicted octanol–water partition coefficient (Wildman–Crippen LogP) is 12.8. The van der Waals surface area contributed by atoms with Crippen LogP contribution in [0.25, 0.3) is 0 Å². The summed E-state index contributed by atoms with van der Waals surface area (Å²) in [6.45, 7) is 22.9. The summed E-state index contributed by atoms with van der Waals surface area (Å²) in [6, 6.07) is 0. The zero-order valence-corrected chi connectivity index (χ0v) is 28.8. The summed E-state index contributed by atoms with van der Waals surface area (Å²) in [5, 5.41) is 0. The van der Waals surface area contributed by atoms with Crippen molar-refractivity contribution in [3.8, 4) is 0 Å². The van der Waals surface area contributed by atoms with E-state index < -0.39 is 0 Å². The lowest BCUT2D eigenvalue weighted by molar-refractivity contribution is 0.376. The lowest BCUT2D eigenvalue weighted by Crippen LogP contribution is -2.19. The van der Waals surface area contributed by atoms with Gasteiger partial charge in [0, 0.05) is 11.5 Å². The van der Waals surface area contributed by atoms with Crippen LogP contribution in [0.15, 0.2) is 117 Å².